The van der Waals surface area contributed by atoms with E-state index in [0.717, 1.165) is 29.5 Å². The van der Waals surface area contributed by atoms with E-state index < -0.39 is 5.92 Å². The molecule has 0 saturated heterocycles. The lowest BCUT2D eigenvalue weighted by atomic mass is 9.85. The summed E-state index contributed by atoms with van der Waals surface area (Å²) in [4.78, 5) is 0. The van der Waals surface area contributed by atoms with Crippen LogP contribution in [-0.2, 0) is 12.3 Å². The second kappa shape index (κ2) is 7.35. The molecule has 0 saturated carbocycles. The molecule has 21 heavy (non-hydrogen) atoms. The van der Waals surface area contributed by atoms with Gasteiger partial charge in [-0.15, -0.1) is 0 Å². The molecular weight excluding hydrogens is 266 g/mol. The van der Waals surface area contributed by atoms with Gasteiger partial charge < -0.3 is 0 Å². The largest absolute Gasteiger partial charge is 0.292 e. The maximum atomic E-state index is 13.9. The highest BCUT2D eigenvalue weighted by Gasteiger charge is 2.31. The molecule has 0 unspecified atom stereocenters. The van der Waals surface area contributed by atoms with Crippen LogP contribution in [0.4, 0.5) is 8.78 Å². The Bertz CT molecular complexity index is 551. The van der Waals surface area contributed by atoms with E-state index in [0.29, 0.717) is 11.6 Å². The summed E-state index contributed by atoms with van der Waals surface area (Å²) in [5.74, 6) is -3.02. The number of fused-ring (bicyclic) bond motifs is 1. The summed E-state index contributed by atoms with van der Waals surface area (Å²) in [5.41, 5.74) is 3.48. The van der Waals surface area contributed by atoms with Gasteiger partial charge in [0.05, 0.1) is 0 Å². The molecule has 0 aromatic heterocycles. The van der Waals surface area contributed by atoms with Crippen molar-refractivity contribution in [3.8, 4) is 0 Å². The third-order valence-electron chi connectivity index (χ3n) is 3.47. The van der Waals surface area contributed by atoms with Crippen LogP contribution in [0.2, 0.25) is 0 Å². The fourth-order valence-corrected chi connectivity index (χ4v) is 2.47. The third-order valence-corrected chi connectivity index (χ3v) is 3.47. The second-order valence-corrected chi connectivity index (χ2v) is 5.21. The zero-order chi connectivity index (χ0) is 16.0. The van der Waals surface area contributed by atoms with Gasteiger partial charge in [0, 0.05) is 5.56 Å². The lowest BCUT2D eigenvalue weighted by Gasteiger charge is -2.22. The Morgan fingerprint density at radius 2 is 1.90 bits per heavy atom. The van der Waals surface area contributed by atoms with Gasteiger partial charge in [-0.05, 0) is 54.2 Å². The molecule has 0 fully saturated rings. The van der Waals surface area contributed by atoms with Crippen molar-refractivity contribution < 1.29 is 8.78 Å². The molecule has 0 atom stereocenters. The summed E-state index contributed by atoms with van der Waals surface area (Å²) in [6, 6.07) is 1.57. The van der Waals surface area contributed by atoms with Crippen molar-refractivity contribution in [2.75, 3.05) is 0 Å². The smallest absolute Gasteiger partial charge is 0.197 e. The Morgan fingerprint density at radius 3 is 2.43 bits per heavy atom. The molecule has 1 aliphatic rings. The summed E-state index contributed by atoms with van der Waals surface area (Å²) in [6.07, 6.45) is 9.25. The number of halogens is 2. The van der Waals surface area contributed by atoms with E-state index >= 15 is 0 Å². The van der Waals surface area contributed by atoms with Crippen LogP contribution in [0.3, 0.4) is 0 Å². The molecule has 2 heteroatoms. The SMILES string of the molecule is C=Cc1c(C(F)(F)C=C)cc2c(c1C)CCC=C2.CCC. The molecule has 0 amide bonds. The van der Waals surface area contributed by atoms with Crippen LogP contribution in [0.15, 0.2) is 31.4 Å². The average molecular weight is 290 g/mol. The van der Waals surface area contributed by atoms with Gasteiger partial charge >= 0.3 is 0 Å². The minimum Gasteiger partial charge on any atom is -0.197 e. The Labute approximate surface area is 126 Å². The minimum absolute atomic E-state index is 0.00435. The van der Waals surface area contributed by atoms with Crippen molar-refractivity contribution in [1.82, 2.24) is 0 Å². The van der Waals surface area contributed by atoms with Gasteiger partial charge in [-0.25, -0.2) is 0 Å². The predicted molar refractivity (Wildman–Crippen MR) is 88.7 cm³/mol. The van der Waals surface area contributed by atoms with Crippen molar-refractivity contribution in [2.45, 2.75) is 46.0 Å². The van der Waals surface area contributed by atoms with Crippen LogP contribution in [0.1, 0.15) is 54.5 Å². The van der Waals surface area contributed by atoms with Crippen LogP contribution in [0.25, 0.3) is 12.2 Å². The highest BCUT2D eigenvalue weighted by atomic mass is 19.3. The van der Waals surface area contributed by atoms with Gasteiger partial charge in [0.1, 0.15) is 0 Å². The van der Waals surface area contributed by atoms with Gasteiger partial charge in [-0.2, -0.15) is 8.78 Å². The lowest BCUT2D eigenvalue weighted by Crippen LogP contribution is -2.14. The van der Waals surface area contributed by atoms with Crippen molar-refractivity contribution in [2.24, 2.45) is 0 Å². The molecule has 1 aromatic rings. The zero-order valence-corrected chi connectivity index (χ0v) is 13.2. The maximum Gasteiger partial charge on any atom is 0.292 e. The zero-order valence-electron chi connectivity index (χ0n) is 13.2. The minimum atomic E-state index is -3.02. The molecule has 0 radical (unpaired) electrons. The van der Waals surface area contributed by atoms with Crippen LogP contribution in [-0.4, -0.2) is 0 Å². The molecule has 0 nitrogen and oxygen atoms in total. The van der Waals surface area contributed by atoms with Crippen LogP contribution in [0, 0.1) is 6.92 Å². The Morgan fingerprint density at radius 1 is 1.29 bits per heavy atom. The number of benzene rings is 1. The van der Waals surface area contributed by atoms with Crippen molar-refractivity contribution >= 4 is 12.2 Å². The molecule has 2 rings (SSSR count). The van der Waals surface area contributed by atoms with Gasteiger partial charge in [0.2, 0.25) is 0 Å². The van der Waals surface area contributed by atoms with E-state index in [9.17, 15) is 8.78 Å². The monoisotopic (exact) mass is 290 g/mol. The average Bonchev–Trinajstić information content (AvgIpc) is 2.48. The summed E-state index contributed by atoms with van der Waals surface area (Å²) >= 11 is 0. The van der Waals surface area contributed by atoms with E-state index in [4.69, 9.17) is 0 Å². The van der Waals surface area contributed by atoms with Gasteiger partial charge in [0.15, 0.2) is 0 Å². The number of hydrogen-bond acceptors (Lipinski definition) is 0. The fourth-order valence-electron chi connectivity index (χ4n) is 2.47. The van der Waals surface area contributed by atoms with E-state index in [1.54, 1.807) is 6.07 Å². The van der Waals surface area contributed by atoms with Gasteiger partial charge in [-0.3, -0.25) is 0 Å². The van der Waals surface area contributed by atoms with E-state index in [1.165, 1.54) is 12.5 Å². The standard InChI is InChI=1S/C16H16F2.C3H8/c1-4-13-11(3)14-9-7-6-8-12(14)10-15(13)16(17,18)5-2;1-3-2/h4-6,8,10H,1-2,7,9H2,3H3;3H2,1-2H3. The molecule has 0 N–H and O–H groups in total. The molecule has 0 bridgehead atoms. The Kier molecular flexibility index (Phi) is 6.07. The van der Waals surface area contributed by atoms with Crippen molar-refractivity contribution in [3.05, 3.63) is 59.2 Å². The molecule has 1 aliphatic carbocycles. The predicted octanol–water partition coefficient (Wildman–Crippen LogP) is 6.29. The second-order valence-electron chi connectivity index (χ2n) is 5.21. The van der Waals surface area contributed by atoms with Crippen LogP contribution < -0.4 is 0 Å². The number of alkyl halides is 2. The normalized spacial score (nSPS) is 13.0. The third kappa shape index (κ3) is 3.69. The summed E-state index contributed by atoms with van der Waals surface area (Å²) in [5, 5.41) is 0. The molecule has 1 aromatic carbocycles. The summed E-state index contributed by atoms with van der Waals surface area (Å²) in [7, 11) is 0. The Hall–Kier alpha value is -1.70. The maximum absolute atomic E-state index is 13.9. The summed E-state index contributed by atoms with van der Waals surface area (Å²) in [6.45, 7) is 13.0. The highest BCUT2D eigenvalue weighted by molar-refractivity contribution is 5.68. The van der Waals surface area contributed by atoms with Gasteiger partial charge in [0.25, 0.3) is 5.92 Å². The molecule has 0 heterocycles. The first-order valence-electron chi connectivity index (χ1n) is 7.40. The first kappa shape index (κ1) is 17.4. The van der Waals surface area contributed by atoms with E-state index in [1.807, 2.05) is 19.1 Å². The molecule has 0 spiro atoms. The number of allylic oxidation sites excluding steroid dienone is 2. The van der Waals surface area contributed by atoms with Gasteiger partial charge in [-0.1, -0.05) is 51.7 Å². The fraction of sp³-hybridized carbons (Fsp3) is 0.368. The van der Waals surface area contributed by atoms with Crippen molar-refractivity contribution in [1.29, 1.82) is 0 Å². The number of rotatable bonds is 3. The molecule has 114 valence electrons. The number of hydrogen-bond donors (Lipinski definition) is 0. The van der Waals surface area contributed by atoms with Crippen LogP contribution in [0.5, 0.6) is 0 Å². The first-order valence-corrected chi connectivity index (χ1v) is 7.40. The topological polar surface area (TPSA) is 0 Å². The van der Waals surface area contributed by atoms with Crippen molar-refractivity contribution in [3.63, 3.8) is 0 Å². The molecular formula is C19H24F2. The Balaban J connectivity index is 0.000000677. The highest BCUT2D eigenvalue weighted by Crippen LogP contribution is 2.37. The quantitative estimate of drug-likeness (QED) is 0.574. The van der Waals surface area contributed by atoms with E-state index in [2.05, 4.69) is 27.0 Å². The molecule has 0 aliphatic heterocycles. The summed E-state index contributed by atoms with van der Waals surface area (Å²) < 4.78 is 27.8. The first-order chi connectivity index (χ1) is 9.92. The lowest BCUT2D eigenvalue weighted by molar-refractivity contribution is 0.0522. The van der Waals surface area contributed by atoms with E-state index in [-0.39, 0.29) is 5.56 Å². The van der Waals surface area contributed by atoms with Crippen LogP contribution >= 0.6 is 0 Å².